The van der Waals surface area contributed by atoms with E-state index in [-0.39, 0.29) is 0 Å². The van der Waals surface area contributed by atoms with Crippen LogP contribution in [-0.2, 0) is 25.7 Å². The van der Waals surface area contributed by atoms with Crippen molar-refractivity contribution in [2.24, 2.45) is 0 Å². The minimum absolute atomic E-state index is 0.982. The third-order valence-corrected chi connectivity index (χ3v) is 9.38. The van der Waals surface area contributed by atoms with Crippen LogP contribution in [0.2, 0.25) is 0 Å². The summed E-state index contributed by atoms with van der Waals surface area (Å²) in [6.07, 6.45) is 3.97. The van der Waals surface area contributed by atoms with Crippen LogP contribution >= 0.6 is 0 Å². The number of hydrogen-bond acceptors (Lipinski definition) is 0. The van der Waals surface area contributed by atoms with E-state index in [1.54, 1.807) is 0 Å². The summed E-state index contributed by atoms with van der Waals surface area (Å²) >= 11 is 0. The average molecular weight is 649 g/mol. The maximum absolute atomic E-state index is 2.25. The minimum Gasteiger partial charge on any atom is -0.0590 e. The van der Waals surface area contributed by atoms with Crippen molar-refractivity contribution >= 4 is 0 Å². The van der Waals surface area contributed by atoms with Gasteiger partial charge in [0.1, 0.15) is 0 Å². The Morgan fingerprint density at radius 2 is 0.340 bits per heavy atom. The Bertz CT molecular complexity index is 1890. The Hall–Kier alpha value is -5.46. The molecular formula is C50H48. The van der Waals surface area contributed by atoms with Gasteiger partial charge in [-0.15, -0.1) is 0 Å². The molecule has 0 saturated heterocycles. The highest BCUT2D eigenvalue weighted by Crippen LogP contribution is 2.23. The Kier molecular flexibility index (Phi) is 11.5. The lowest BCUT2D eigenvalue weighted by molar-refractivity contribution is 1.15. The molecule has 0 aromatic heterocycles. The lowest BCUT2D eigenvalue weighted by atomic mass is 9.98. The maximum Gasteiger partial charge on any atom is -0.00258 e. The van der Waals surface area contributed by atoms with Crippen LogP contribution < -0.4 is 0 Å². The second kappa shape index (κ2) is 16.8. The average Bonchev–Trinajstić information content (AvgIpc) is 3.14. The molecule has 0 bridgehead atoms. The van der Waals surface area contributed by atoms with Crippen molar-refractivity contribution in [3.63, 3.8) is 0 Å². The van der Waals surface area contributed by atoms with Crippen molar-refractivity contribution in [2.45, 2.75) is 53.4 Å². The fourth-order valence-corrected chi connectivity index (χ4v) is 6.17. The minimum atomic E-state index is 0.982. The summed E-state index contributed by atoms with van der Waals surface area (Å²) in [6.45, 7) is 8.52. The van der Waals surface area contributed by atoms with Gasteiger partial charge in [0.2, 0.25) is 0 Å². The molecule has 0 unspecified atom stereocenters. The summed E-state index contributed by atoms with van der Waals surface area (Å²) in [5, 5.41) is 0. The molecule has 7 rings (SSSR count). The summed E-state index contributed by atoms with van der Waals surface area (Å²) in [5.74, 6) is 0. The monoisotopic (exact) mass is 648 g/mol. The van der Waals surface area contributed by atoms with Gasteiger partial charge in [0.15, 0.2) is 0 Å². The van der Waals surface area contributed by atoms with Crippen molar-refractivity contribution < 1.29 is 0 Å². The second-order valence-electron chi connectivity index (χ2n) is 13.9. The SMILES string of the molecule is Cc1ccc(Cc2ccc(-c3ccc(Cc4ccc(C)cc4)cc3)cc2)cc1.Cc1ccc(Cc2ccc(Cc3ccc(C)cc3)cc2)cc1. The Morgan fingerprint density at radius 1 is 0.200 bits per heavy atom. The molecule has 0 atom stereocenters. The molecule has 0 fully saturated rings. The van der Waals surface area contributed by atoms with Gasteiger partial charge < -0.3 is 0 Å². The normalized spacial score (nSPS) is 10.7. The molecule has 7 aromatic rings. The molecule has 0 spiro atoms. The molecule has 0 radical (unpaired) electrons. The first-order valence-electron chi connectivity index (χ1n) is 17.8. The van der Waals surface area contributed by atoms with Gasteiger partial charge in [0.25, 0.3) is 0 Å². The van der Waals surface area contributed by atoms with E-state index >= 15 is 0 Å². The number of hydrogen-bond donors (Lipinski definition) is 0. The summed E-state index contributed by atoms with van der Waals surface area (Å²) in [4.78, 5) is 0. The predicted octanol–water partition coefficient (Wildman–Crippen LogP) is 12.6. The second-order valence-corrected chi connectivity index (χ2v) is 13.9. The zero-order chi connectivity index (χ0) is 34.7. The van der Waals surface area contributed by atoms with E-state index in [4.69, 9.17) is 0 Å². The number of benzene rings is 7. The first kappa shape index (κ1) is 34.4. The third kappa shape index (κ3) is 10.3. The molecule has 0 aliphatic rings. The van der Waals surface area contributed by atoms with E-state index in [0.717, 1.165) is 25.7 Å². The highest BCUT2D eigenvalue weighted by atomic mass is 14.1. The Labute approximate surface area is 300 Å². The fraction of sp³-hybridized carbons (Fsp3) is 0.160. The van der Waals surface area contributed by atoms with Crippen molar-refractivity contribution in [1.82, 2.24) is 0 Å². The van der Waals surface area contributed by atoms with Gasteiger partial charge in [-0.25, -0.2) is 0 Å². The molecule has 0 N–H and O–H groups in total. The molecule has 7 aromatic carbocycles. The van der Waals surface area contributed by atoms with Crippen LogP contribution in [0.25, 0.3) is 11.1 Å². The topological polar surface area (TPSA) is 0 Å². The first-order chi connectivity index (χ1) is 24.3. The van der Waals surface area contributed by atoms with E-state index in [0.29, 0.717) is 0 Å². The highest BCUT2D eigenvalue weighted by Gasteiger charge is 2.03. The number of aryl methyl sites for hydroxylation is 4. The molecule has 50 heavy (non-hydrogen) atoms. The van der Waals surface area contributed by atoms with Crippen LogP contribution in [0.15, 0.2) is 170 Å². The quantitative estimate of drug-likeness (QED) is 0.146. The molecule has 0 saturated carbocycles. The van der Waals surface area contributed by atoms with E-state index in [2.05, 4.69) is 198 Å². The van der Waals surface area contributed by atoms with Gasteiger partial charge >= 0.3 is 0 Å². The Morgan fingerprint density at radius 3 is 0.520 bits per heavy atom. The molecular weight excluding hydrogens is 601 g/mol. The fourth-order valence-electron chi connectivity index (χ4n) is 6.17. The van der Waals surface area contributed by atoms with Crippen LogP contribution in [0.1, 0.15) is 66.8 Å². The largest absolute Gasteiger partial charge is 0.0590 e. The summed E-state index contributed by atoms with van der Waals surface area (Å²) in [6, 6.07) is 62.1. The van der Waals surface area contributed by atoms with E-state index in [9.17, 15) is 0 Å². The lowest BCUT2D eigenvalue weighted by Gasteiger charge is -2.07. The van der Waals surface area contributed by atoms with Crippen LogP contribution in [0.3, 0.4) is 0 Å². The zero-order valence-corrected chi connectivity index (χ0v) is 30.0. The van der Waals surface area contributed by atoms with Crippen LogP contribution in [0.4, 0.5) is 0 Å². The van der Waals surface area contributed by atoms with Crippen LogP contribution in [0.5, 0.6) is 0 Å². The molecule has 0 nitrogen and oxygen atoms in total. The van der Waals surface area contributed by atoms with E-state index in [1.807, 2.05) is 0 Å². The molecule has 0 aliphatic heterocycles. The van der Waals surface area contributed by atoms with Gasteiger partial charge in [-0.3, -0.25) is 0 Å². The maximum atomic E-state index is 2.25. The zero-order valence-electron chi connectivity index (χ0n) is 30.0. The molecule has 0 heterocycles. The molecule has 248 valence electrons. The van der Waals surface area contributed by atoms with E-state index < -0.39 is 0 Å². The first-order valence-corrected chi connectivity index (χ1v) is 17.8. The predicted molar refractivity (Wildman–Crippen MR) is 214 cm³/mol. The molecule has 0 amide bonds. The van der Waals surface area contributed by atoms with Crippen molar-refractivity contribution in [3.8, 4) is 11.1 Å². The van der Waals surface area contributed by atoms with Crippen molar-refractivity contribution in [1.29, 1.82) is 0 Å². The van der Waals surface area contributed by atoms with Crippen LogP contribution in [0, 0.1) is 27.7 Å². The third-order valence-electron chi connectivity index (χ3n) is 9.38. The molecule has 0 aliphatic carbocycles. The standard InChI is InChI=1S/C28H26.C22H22/c1-21-3-7-23(8-4-21)19-25-11-15-27(16-12-25)28-17-13-26(14-18-28)20-24-9-5-22(2)6-10-24;1-17-3-7-19(8-4-17)15-21-11-13-22(14-12-21)16-20-9-5-18(2)6-10-20/h3-18H,19-20H2,1-2H3;3-14H,15-16H2,1-2H3. The molecule has 0 heteroatoms. The van der Waals surface area contributed by atoms with Crippen LogP contribution in [-0.4, -0.2) is 0 Å². The smallest absolute Gasteiger partial charge is 0.00258 e. The van der Waals surface area contributed by atoms with Gasteiger partial charge in [-0.1, -0.05) is 192 Å². The van der Waals surface area contributed by atoms with E-state index in [1.165, 1.54) is 77.9 Å². The van der Waals surface area contributed by atoms with Gasteiger partial charge in [0, 0.05) is 0 Å². The van der Waals surface area contributed by atoms with Gasteiger partial charge in [-0.05, 0) is 109 Å². The van der Waals surface area contributed by atoms with Gasteiger partial charge in [-0.2, -0.15) is 0 Å². The highest BCUT2D eigenvalue weighted by molar-refractivity contribution is 5.64. The van der Waals surface area contributed by atoms with Crippen molar-refractivity contribution in [3.05, 3.63) is 237 Å². The summed E-state index contributed by atoms with van der Waals surface area (Å²) < 4.78 is 0. The summed E-state index contributed by atoms with van der Waals surface area (Å²) in [5.41, 5.74) is 18.7. The van der Waals surface area contributed by atoms with Crippen molar-refractivity contribution in [2.75, 3.05) is 0 Å². The lowest BCUT2D eigenvalue weighted by Crippen LogP contribution is -1.91. The Balaban J connectivity index is 0.000000178. The van der Waals surface area contributed by atoms with Gasteiger partial charge in [0.05, 0.1) is 0 Å². The number of rotatable bonds is 9. The summed E-state index contributed by atoms with van der Waals surface area (Å²) in [7, 11) is 0.